The van der Waals surface area contributed by atoms with Gasteiger partial charge in [0.1, 0.15) is 0 Å². The van der Waals surface area contributed by atoms with Crippen LogP contribution in [0.3, 0.4) is 0 Å². The Labute approximate surface area is 106 Å². The van der Waals surface area contributed by atoms with Crippen molar-refractivity contribution in [3.8, 4) is 0 Å². The molecule has 0 amide bonds. The maximum atomic E-state index is 13.5. The Morgan fingerprint density at radius 1 is 1.00 bits per heavy atom. The van der Waals surface area contributed by atoms with Crippen LogP contribution in [0.15, 0.2) is 0 Å². The minimum Gasteiger partial charge on any atom is -0.379 e. The molecule has 19 heavy (non-hydrogen) atoms. The number of ether oxygens (including phenoxy) is 1. The summed E-state index contributed by atoms with van der Waals surface area (Å²) in [5, 5.41) is 0. The second-order valence-corrected chi connectivity index (χ2v) is 3.78. The van der Waals surface area contributed by atoms with Crippen LogP contribution in [0.25, 0.3) is 0 Å². The molecule has 1 unspecified atom stereocenters. The second kappa shape index (κ2) is 6.78. The van der Waals surface area contributed by atoms with Gasteiger partial charge in [-0.1, -0.05) is 6.92 Å². The normalized spacial score (nSPS) is 12.8. The van der Waals surface area contributed by atoms with Crippen LogP contribution in [0.5, 0.6) is 0 Å². The van der Waals surface area contributed by atoms with Gasteiger partial charge in [-0.3, -0.25) is 11.3 Å². The topological polar surface area (TPSA) is 47.3 Å². The molecule has 8 heteroatoms. The van der Waals surface area contributed by atoms with Crippen LogP contribution in [0.2, 0.25) is 0 Å². The van der Waals surface area contributed by atoms with Crippen LogP contribution in [0.4, 0.5) is 22.0 Å². The Balaban J connectivity index is 3.16. The lowest BCUT2D eigenvalue weighted by atomic mass is 10.1. The second-order valence-electron chi connectivity index (χ2n) is 3.78. The molecule has 0 bridgehead atoms. The van der Waals surface area contributed by atoms with Crippen molar-refractivity contribution < 1.29 is 26.7 Å². The molecule has 108 valence electrons. The number of nitrogens with two attached hydrogens (primary N) is 1. The van der Waals surface area contributed by atoms with Gasteiger partial charge in [0.05, 0.1) is 18.2 Å². The highest BCUT2D eigenvalue weighted by molar-refractivity contribution is 5.27. The van der Waals surface area contributed by atoms with Gasteiger partial charge in [-0.15, -0.1) is 0 Å². The van der Waals surface area contributed by atoms with E-state index in [2.05, 4.69) is 0 Å². The van der Waals surface area contributed by atoms with Gasteiger partial charge in [0.25, 0.3) is 0 Å². The fourth-order valence-electron chi connectivity index (χ4n) is 1.49. The van der Waals surface area contributed by atoms with Crippen molar-refractivity contribution in [3.63, 3.8) is 0 Å². The van der Waals surface area contributed by atoms with Crippen LogP contribution in [0, 0.1) is 29.1 Å². The van der Waals surface area contributed by atoms with Crippen molar-refractivity contribution in [1.29, 1.82) is 0 Å². The van der Waals surface area contributed by atoms with Crippen LogP contribution in [-0.4, -0.2) is 13.2 Å². The van der Waals surface area contributed by atoms with Crippen molar-refractivity contribution in [2.45, 2.75) is 19.4 Å². The molecule has 1 rings (SSSR count). The van der Waals surface area contributed by atoms with E-state index in [4.69, 9.17) is 10.6 Å². The zero-order valence-corrected chi connectivity index (χ0v) is 10.1. The number of hydrogen-bond donors (Lipinski definition) is 2. The van der Waals surface area contributed by atoms with E-state index < -0.39 is 40.7 Å². The fraction of sp³-hybridized carbons (Fsp3) is 0.455. The number of hydrazine groups is 1. The average molecular weight is 284 g/mol. The summed E-state index contributed by atoms with van der Waals surface area (Å²) >= 11 is 0. The third-order valence-corrected chi connectivity index (χ3v) is 2.43. The van der Waals surface area contributed by atoms with Crippen molar-refractivity contribution in [1.82, 2.24) is 5.43 Å². The molecule has 0 fully saturated rings. The van der Waals surface area contributed by atoms with Crippen LogP contribution < -0.4 is 11.3 Å². The molecule has 0 heterocycles. The van der Waals surface area contributed by atoms with E-state index in [9.17, 15) is 22.0 Å². The highest BCUT2D eigenvalue weighted by Crippen LogP contribution is 2.27. The summed E-state index contributed by atoms with van der Waals surface area (Å²) < 4.78 is 70.8. The first kappa shape index (κ1) is 15.8. The molecule has 0 aliphatic heterocycles. The van der Waals surface area contributed by atoms with Gasteiger partial charge in [-0.2, -0.15) is 0 Å². The highest BCUT2D eigenvalue weighted by atomic mass is 19.2. The lowest BCUT2D eigenvalue weighted by Crippen LogP contribution is -2.33. The van der Waals surface area contributed by atoms with Crippen molar-refractivity contribution >= 4 is 0 Å². The molecule has 1 aromatic carbocycles. The molecule has 3 nitrogen and oxygen atoms in total. The van der Waals surface area contributed by atoms with Crippen molar-refractivity contribution in [2.24, 2.45) is 5.84 Å². The largest absolute Gasteiger partial charge is 0.379 e. The first-order valence-electron chi connectivity index (χ1n) is 5.50. The zero-order chi connectivity index (χ0) is 14.6. The summed E-state index contributed by atoms with van der Waals surface area (Å²) in [6.07, 6.45) is 0.633. The smallest absolute Gasteiger partial charge is 0.200 e. The number of nitrogens with one attached hydrogen (secondary N) is 1. The number of hydrogen-bond acceptors (Lipinski definition) is 3. The average Bonchev–Trinajstić information content (AvgIpc) is 2.41. The molecule has 1 atom stereocenters. The Hall–Kier alpha value is -1.25. The third-order valence-electron chi connectivity index (χ3n) is 2.43. The van der Waals surface area contributed by atoms with E-state index >= 15 is 0 Å². The lowest BCUT2D eigenvalue weighted by Gasteiger charge is -2.18. The Morgan fingerprint density at radius 2 is 1.47 bits per heavy atom. The maximum absolute atomic E-state index is 13.5. The third kappa shape index (κ3) is 3.20. The fourth-order valence-corrected chi connectivity index (χ4v) is 1.49. The summed E-state index contributed by atoms with van der Waals surface area (Å²) in [7, 11) is 0. The van der Waals surface area contributed by atoms with E-state index in [1.54, 1.807) is 6.92 Å². The van der Waals surface area contributed by atoms with E-state index in [0.29, 0.717) is 6.42 Å². The standard InChI is InChI=1S/C11H13F5N2O/c1-2-3-19-4-5(18-17)6-7(12)9(14)11(16)10(15)8(6)13/h5,18H,2-4,17H2,1H3. The molecule has 0 saturated heterocycles. The molecule has 1 aromatic rings. The molecule has 0 radical (unpaired) electrons. The van der Waals surface area contributed by atoms with Gasteiger partial charge in [0.15, 0.2) is 23.3 Å². The van der Waals surface area contributed by atoms with E-state index in [1.807, 2.05) is 5.43 Å². The van der Waals surface area contributed by atoms with E-state index in [-0.39, 0.29) is 13.2 Å². The molecule has 0 spiro atoms. The SMILES string of the molecule is CCCOCC(NN)c1c(F)c(F)c(F)c(F)c1F. The summed E-state index contributed by atoms with van der Waals surface area (Å²) in [5.74, 6) is -5.00. The molecule has 3 N–H and O–H groups in total. The molecular formula is C11H13F5N2O. The monoisotopic (exact) mass is 284 g/mol. The minimum atomic E-state index is -2.20. The van der Waals surface area contributed by atoms with Gasteiger partial charge in [-0.25, -0.2) is 22.0 Å². The summed E-state index contributed by atoms with van der Waals surface area (Å²) in [4.78, 5) is 0. The lowest BCUT2D eigenvalue weighted by molar-refractivity contribution is 0.109. The first-order chi connectivity index (χ1) is 8.95. The van der Waals surface area contributed by atoms with Crippen molar-refractivity contribution in [2.75, 3.05) is 13.2 Å². The molecule has 0 aliphatic carbocycles. The van der Waals surface area contributed by atoms with Gasteiger partial charge < -0.3 is 4.74 Å². The molecule has 0 aromatic heterocycles. The highest BCUT2D eigenvalue weighted by Gasteiger charge is 2.30. The van der Waals surface area contributed by atoms with Crippen LogP contribution in [0.1, 0.15) is 24.9 Å². The van der Waals surface area contributed by atoms with Gasteiger partial charge in [0.2, 0.25) is 5.82 Å². The van der Waals surface area contributed by atoms with Gasteiger partial charge in [-0.05, 0) is 6.42 Å². The predicted molar refractivity (Wildman–Crippen MR) is 57.4 cm³/mol. The first-order valence-corrected chi connectivity index (χ1v) is 5.50. The summed E-state index contributed by atoms with van der Waals surface area (Å²) in [5.41, 5.74) is 0.940. The number of benzene rings is 1. The maximum Gasteiger partial charge on any atom is 0.200 e. The van der Waals surface area contributed by atoms with E-state index in [1.165, 1.54) is 0 Å². The molecule has 0 saturated carbocycles. The van der Waals surface area contributed by atoms with Crippen LogP contribution in [-0.2, 0) is 4.74 Å². The van der Waals surface area contributed by atoms with E-state index in [0.717, 1.165) is 0 Å². The number of rotatable bonds is 6. The summed E-state index contributed by atoms with van der Waals surface area (Å²) in [6, 6.07) is -1.34. The molecular weight excluding hydrogens is 271 g/mol. The van der Waals surface area contributed by atoms with Crippen molar-refractivity contribution in [3.05, 3.63) is 34.6 Å². The Bertz CT molecular complexity index is 426. The quantitative estimate of drug-likeness (QED) is 0.210. The van der Waals surface area contributed by atoms with Crippen LogP contribution >= 0.6 is 0 Å². The molecule has 0 aliphatic rings. The Kier molecular flexibility index (Phi) is 5.64. The Morgan fingerprint density at radius 3 is 1.89 bits per heavy atom. The predicted octanol–water partition coefficient (Wildman–Crippen LogP) is 2.31. The minimum absolute atomic E-state index is 0.271. The zero-order valence-electron chi connectivity index (χ0n) is 10.1. The van der Waals surface area contributed by atoms with Gasteiger partial charge in [0, 0.05) is 6.61 Å². The number of halogens is 5. The van der Waals surface area contributed by atoms with Gasteiger partial charge >= 0.3 is 0 Å². The summed E-state index contributed by atoms with van der Waals surface area (Å²) in [6.45, 7) is 1.75.